The minimum Gasteiger partial charge on any atom is -0.337 e. The minimum absolute atomic E-state index is 0.104. The molecule has 3 heterocycles. The molecule has 1 atom stereocenters. The van der Waals surface area contributed by atoms with Crippen LogP contribution in [0, 0.1) is 0 Å². The van der Waals surface area contributed by atoms with Crippen molar-refractivity contribution in [2.75, 3.05) is 6.54 Å². The predicted molar refractivity (Wildman–Crippen MR) is 104 cm³/mol. The van der Waals surface area contributed by atoms with E-state index in [1.54, 1.807) is 11.0 Å². The van der Waals surface area contributed by atoms with Crippen LogP contribution >= 0.6 is 0 Å². The molecule has 5 rings (SSSR count). The van der Waals surface area contributed by atoms with Crippen molar-refractivity contribution in [2.45, 2.75) is 18.9 Å². The first-order valence-corrected chi connectivity index (χ1v) is 9.35. The molecule has 0 spiro atoms. The largest absolute Gasteiger partial charge is 0.337 e. The van der Waals surface area contributed by atoms with Crippen LogP contribution in [-0.2, 0) is 0 Å². The fourth-order valence-corrected chi connectivity index (χ4v) is 3.67. The van der Waals surface area contributed by atoms with E-state index in [0.717, 1.165) is 29.3 Å². The van der Waals surface area contributed by atoms with Crippen molar-refractivity contribution in [2.24, 2.45) is 0 Å². The maximum absolute atomic E-state index is 13.1. The number of likely N-dealkylation sites (tertiary alicyclic amines) is 1. The van der Waals surface area contributed by atoms with E-state index in [9.17, 15) is 4.79 Å². The SMILES string of the molecule is O=C(c1ccc2ccccc2n1)N1CCC[C@H]1c1nc(-c2ccccc2)no1. The highest BCUT2D eigenvalue weighted by Gasteiger charge is 2.35. The molecule has 0 N–H and O–H groups in total. The summed E-state index contributed by atoms with van der Waals surface area (Å²) in [6.07, 6.45) is 1.70. The van der Waals surface area contributed by atoms with Crippen molar-refractivity contribution in [3.63, 3.8) is 0 Å². The molecule has 138 valence electrons. The number of rotatable bonds is 3. The molecular formula is C22H18N4O2. The summed E-state index contributed by atoms with van der Waals surface area (Å²) in [5, 5.41) is 5.11. The Bertz CT molecular complexity index is 1140. The summed E-state index contributed by atoms with van der Waals surface area (Å²) < 4.78 is 5.51. The van der Waals surface area contributed by atoms with E-state index in [4.69, 9.17) is 4.52 Å². The number of aromatic nitrogens is 3. The monoisotopic (exact) mass is 370 g/mol. The lowest BCUT2D eigenvalue weighted by atomic mass is 10.2. The lowest BCUT2D eigenvalue weighted by molar-refractivity contribution is 0.0704. The summed E-state index contributed by atoms with van der Waals surface area (Å²) in [7, 11) is 0. The fourth-order valence-electron chi connectivity index (χ4n) is 3.67. The number of hydrogen-bond donors (Lipinski definition) is 0. The molecular weight excluding hydrogens is 352 g/mol. The summed E-state index contributed by atoms with van der Waals surface area (Å²) >= 11 is 0. The summed E-state index contributed by atoms with van der Waals surface area (Å²) in [5.41, 5.74) is 2.14. The number of nitrogens with zero attached hydrogens (tertiary/aromatic N) is 4. The van der Waals surface area contributed by atoms with Crippen molar-refractivity contribution in [1.82, 2.24) is 20.0 Å². The van der Waals surface area contributed by atoms with Crippen LogP contribution in [0.3, 0.4) is 0 Å². The van der Waals surface area contributed by atoms with Gasteiger partial charge in [0.1, 0.15) is 11.7 Å². The van der Waals surface area contributed by atoms with Gasteiger partial charge in [0, 0.05) is 17.5 Å². The van der Waals surface area contributed by atoms with Gasteiger partial charge in [0.25, 0.3) is 5.91 Å². The van der Waals surface area contributed by atoms with Crippen molar-refractivity contribution < 1.29 is 9.32 Å². The van der Waals surface area contributed by atoms with Gasteiger partial charge in [0.2, 0.25) is 11.7 Å². The molecule has 0 bridgehead atoms. The summed E-state index contributed by atoms with van der Waals surface area (Å²) in [6, 6.07) is 21.0. The number of pyridine rings is 1. The molecule has 1 fully saturated rings. The molecule has 6 nitrogen and oxygen atoms in total. The topological polar surface area (TPSA) is 72.1 Å². The molecule has 6 heteroatoms. The number of carbonyl (C=O) groups is 1. The number of fused-ring (bicyclic) bond motifs is 1. The van der Waals surface area contributed by atoms with E-state index in [1.165, 1.54) is 0 Å². The number of carbonyl (C=O) groups excluding carboxylic acids is 1. The molecule has 0 radical (unpaired) electrons. The van der Waals surface area contributed by atoms with Crippen LogP contribution in [-0.4, -0.2) is 32.5 Å². The standard InChI is InChI=1S/C22H18N4O2/c27-22(18-13-12-15-7-4-5-10-17(15)23-18)26-14-6-11-19(26)21-24-20(25-28-21)16-8-2-1-3-9-16/h1-5,7-10,12-13,19H,6,11,14H2/t19-/m0/s1. The molecule has 2 aromatic carbocycles. The average molecular weight is 370 g/mol. The zero-order valence-electron chi connectivity index (χ0n) is 15.2. The van der Waals surface area contributed by atoms with Crippen LogP contribution in [0.4, 0.5) is 0 Å². The summed E-state index contributed by atoms with van der Waals surface area (Å²) in [6.45, 7) is 0.654. The van der Waals surface area contributed by atoms with Gasteiger partial charge < -0.3 is 9.42 Å². The van der Waals surface area contributed by atoms with Crippen LogP contribution in [0.1, 0.15) is 35.3 Å². The van der Waals surface area contributed by atoms with Crippen molar-refractivity contribution >= 4 is 16.8 Å². The van der Waals surface area contributed by atoms with E-state index in [0.29, 0.717) is 24.0 Å². The first-order valence-electron chi connectivity index (χ1n) is 9.35. The van der Waals surface area contributed by atoms with E-state index < -0.39 is 0 Å². The second-order valence-electron chi connectivity index (χ2n) is 6.87. The highest BCUT2D eigenvalue weighted by Crippen LogP contribution is 2.33. The molecule has 0 saturated carbocycles. The normalized spacial score (nSPS) is 16.6. The number of para-hydroxylation sites is 1. The Morgan fingerprint density at radius 1 is 0.964 bits per heavy atom. The van der Waals surface area contributed by atoms with Crippen molar-refractivity contribution in [3.05, 3.63) is 78.3 Å². The molecule has 4 aromatic rings. The first-order chi connectivity index (χ1) is 13.8. The zero-order valence-corrected chi connectivity index (χ0v) is 15.2. The average Bonchev–Trinajstić information content (AvgIpc) is 3.43. The van der Waals surface area contributed by atoms with Gasteiger partial charge in [-0.2, -0.15) is 4.98 Å². The van der Waals surface area contributed by atoms with Crippen LogP contribution in [0.5, 0.6) is 0 Å². The van der Waals surface area contributed by atoms with Gasteiger partial charge in [0.15, 0.2) is 0 Å². The van der Waals surface area contributed by atoms with E-state index >= 15 is 0 Å². The van der Waals surface area contributed by atoms with Crippen LogP contribution in [0.15, 0.2) is 71.3 Å². The van der Waals surface area contributed by atoms with Crippen molar-refractivity contribution in [1.29, 1.82) is 0 Å². The Hall–Kier alpha value is -3.54. The second-order valence-corrected chi connectivity index (χ2v) is 6.87. The van der Waals surface area contributed by atoms with Crippen LogP contribution < -0.4 is 0 Å². The molecule has 0 unspecified atom stereocenters. The Labute approximate surface area is 161 Å². The molecule has 1 amide bonds. The fraction of sp³-hybridized carbons (Fsp3) is 0.182. The third kappa shape index (κ3) is 2.93. The highest BCUT2D eigenvalue weighted by atomic mass is 16.5. The smallest absolute Gasteiger partial charge is 0.273 e. The Balaban J connectivity index is 1.43. The summed E-state index contributed by atoms with van der Waals surface area (Å²) in [5.74, 6) is 0.914. The number of amides is 1. The van der Waals surface area contributed by atoms with Crippen molar-refractivity contribution in [3.8, 4) is 11.4 Å². The molecule has 1 aliphatic rings. The summed E-state index contributed by atoms with van der Waals surface area (Å²) in [4.78, 5) is 24.0. The zero-order chi connectivity index (χ0) is 18.9. The Morgan fingerprint density at radius 3 is 2.68 bits per heavy atom. The van der Waals surface area contributed by atoms with Gasteiger partial charge in [-0.3, -0.25) is 4.79 Å². The van der Waals surface area contributed by atoms with Crippen LogP contribution in [0.25, 0.3) is 22.3 Å². The molecule has 1 aliphatic heterocycles. The predicted octanol–water partition coefficient (Wildman–Crippen LogP) is 4.26. The van der Waals surface area contributed by atoms with Gasteiger partial charge in [-0.15, -0.1) is 0 Å². The van der Waals surface area contributed by atoms with Gasteiger partial charge in [-0.05, 0) is 25.0 Å². The molecule has 2 aromatic heterocycles. The Kier molecular flexibility index (Phi) is 4.09. The van der Waals surface area contributed by atoms with Crippen LogP contribution in [0.2, 0.25) is 0 Å². The maximum Gasteiger partial charge on any atom is 0.273 e. The lowest BCUT2D eigenvalue weighted by Crippen LogP contribution is -2.31. The lowest BCUT2D eigenvalue weighted by Gasteiger charge is -2.21. The van der Waals surface area contributed by atoms with E-state index in [1.807, 2.05) is 60.7 Å². The third-order valence-electron chi connectivity index (χ3n) is 5.09. The first kappa shape index (κ1) is 16.6. The molecule has 1 saturated heterocycles. The highest BCUT2D eigenvalue weighted by molar-refractivity contribution is 5.95. The number of benzene rings is 2. The minimum atomic E-state index is -0.217. The molecule has 0 aliphatic carbocycles. The van der Waals surface area contributed by atoms with Gasteiger partial charge >= 0.3 is 0 Å². The maximum atomic E-state index is 13.1. The van der Waals surface area contributed by atoms with Gasteiger partial charge in [-0.1, -0.05) is 59.8 Å². The van der Waals surface area contributed by atoms with E-state index in [-0.39, 0.29) is 11.9 Å². The van der Waals surface area contributed by atoms with Gasteiger partial charge in [0.05, 0.1) is 5.52 Å². The Morgan fingerprint density at radius 2 is 1.79 bits per heavy atom. The third-order valence-corrected chi connectivity index (χ3v) is 5.09. The van der Waals surface area contributed by atoms with Gasteiger partial charge in [-0.25, -0.2) is 4.98 Å². The number of hydrogen-bond acceptors (Lipinski definition) is 5. The molecule has 28 heavy (non-hydrogen) atoms. The second kappa shape index (κ2) is 6.88. The van der Waals surface area contributed by atoms with E-state index in [2.05, 4.69) is 15.1 Å². The quantitative estimate of drug-likeness (QED) is 0.539.